The zero-order chi connectivity index (χ0) is 16.0. The van der Waals surface area contributed by atoms with Crippen LogP contribution < -0.4 is 5.32 Å². The van der Waals surface area contributed by atoms with Crippen molar-refractivity contribution >= 4 is 27.5 Å². The van der Waals surface area contributed by atoms with Crippen LogP contribution in [0.25, 0.3) is 0 Å². The predicted octanol–water partition coefficient (Wildman–Crippen LogP) is 2.22. The van der Waals surface area contributed by atoms with Gasteiger partial charge in [0, 0.05) is 11.8 Å². The maximum atomic E-state index is 11.8. The average Bonchev–Trinajstić information content (AvgIpc) is 2.85. The normalized spacial score (nSPS) is 21.4. The molecule has 0 radical (unpaired) electrons. The lowest BCUT2D eigenvalue weighted by molar-refractivity contribution is -0.118. The van der Waals surface area contributed by atoms with Gasteiger partial charge in [-0.05, 0) is 24.3 Å². The van der Waals surface area contributed by atoms with Gasteiger partial charge >= 0.3 is 0 Å². The van der Waals surface area contributed by atoms with E-state index < -0.39 is 9.84 Å². The molecule has 22 heavy (non-hydrogen) atoms. The topological polar surface area (TPSA) is 63.2 Å². The van der Waals surface area contributed by atoms with Crippen LogP contribution in [0.4, 0.5) is 0 Å². The zero-order valence-corrected chi connectivity index (χ0v) is 14.5. The van der Waals surface area contributed by atoms with Gasteiger partial charge in [0.05, 0.1) is 17.3 Å². The summed E-state index contributed by atoms with van der Waals surface area (Å²) >= 11 is 1.46. The lowest BCUT2D eigenvalue weighted by atomic mass is 9.98. The number of carbonyl (C=O) groups excluding carboxylic acids is 1. The van der Waals surface area contributed by atoms with Crippen LogP contribution in [0.15, 0.2) is 30.3 Å². The van der Waals surface area contributed by atoms with E-state index in [9.17, 15) is 13.2 Å². The van der Waals surface area contributed by atoms with Crippen LogP contribution in [0.5, 0.6) is 0 Å². The molecule has 0 aromatic heterocycles. The fourth-order valence-electron chi connectivity index (χ4n) is 2.51. The molecule has 0 spiro atoms. The van der Waals surface area contributed by atoms with E-state index >= 15 is 0 Å². The van der Waals surface area contributed by atoms with Gasteiger partial charge in [-0.25, -0.2) is 8.42 Å². The minimum Gasteiger partial charge on any atom is -0.355 e. The van der Waals surface area contributed by atoms with Gasteiger partial charge in [0.1, 0.15) is 0 Å². The van der Waals surface area contributed by atoms with Gasteiger partial charge in [0.15, 0.2) is 9.84 Å². The second kappa shape index (κ2) is 8.02. The highest BCUT2D eigenvalue weighted by molar-refractivity contribution is 8.02. The molecule has 6 heteroatoms. The minimum atomic E-state index is -2.85. The Morgan fingerprint density at radius 1 is 1.36 bits per heavy atom. The molecule has 0 aliphatic carbocycles. The summed E-state index contributed by atoms with van der Waals surface area (Å²) in [6.45, 7) is 2.80. The Hall–Kier alpha value is -1.01. The molecule has 1 saturated heterocycles. The van der Waals surface area contributed by atoms with Crippen molar-refractivity contribution in [2.24, 2.45) is 0 Å². The standard InChI is InChI=1S/C16H23NO3S2/c1-13(14-5-3-2-4-6-14)7-9-17-16(18)11-21-15-8-10-22(19,20)12-15/h2-6,13,15H,7-12H2,1H3,(H,17,18)/t13-,15-/m1/s1. The first kappa shape index (κ1) is 17.3. The Morgan fingerprint density at radius 2 is 2.09 bits per heavy atom. The monoisotopic (exact) mass is 341 g/mol. The van der Waals surface area contributed by atoms with E-state index in [4.69, 9.17) is 0 Å². The second-order valence-electron chi connectivity index (χ2n) is 5.79. The molecule has 1 amide bonds. The molecule has 1 aliphatic rings. The number of hydrogen-bond donors (Lipinski definition) is 1. The fourth-order valence-corrected chi connectivity index (χ4v) is 5.99. The number of amides is 1. The molecule has 1 aromatic carbocycles. The van der Waals surface area contributed by atoms with Crippen molar-refractivity contribution in [3.8, 4) is 0 Å². The quantitative estimate of drug-likeness (QED) is 0.826. The first-order valence-corrected chi connectivity index (χ1v) is 10.5. The Labute approximate surface area is 137 Å². The van der Waals surface area contributed by atoms with Crippen LogP contribution >= 0.6 is 11.8 Å². The van der Waals surface area contributed by atoms with Gasteiger partial charge in [0.25, 0.3) is 0 Å². The molecule has 0 bridgehead atoms. The van der Waals surface area contributed by atoms with Gasteiger partial charge in [-0.2, -0.15) is 0 Å². The van der Waals surface area contributed by atoms with E-state index in [2.05, 4.69) is 24.4 Å². The van der Waals surface area contributed by atoms with Crippen molar-refractivity contribution in [2.45, 2.75) is 30.9 Å². The smallest absolute Gasteiger partial charge is 0.230 e. The van der Waals surface area contributed by atoms with Crippen molar-refractivity contribution in [3.63, 3.8) is 0 Å². The molecule has 1 heterocycles. The summed E-state index contributed by atoms with van der Waals surface area (Å²) in [5, 5.41) is 3.00. The van der Waals surface area contributed by atoms with Gasteiger partial charge in [-0.15, -0.1) is 11.8 Å². The number of hydrogen-bond acceptors (Lipinski definition) is 4. The Morgan fingerprint density at radius 3 is 2.73 bits per heavy atom. The summed E-state index contributed by atoms with van der Waals surface area (Å²) in [7, 11) is -2.85. The number of thioether (sulfide) groups is 1. The summed E-state index contributed by atoms with van der Waals surface area (Å²) < 4.78 is 22.7. The molecule has 1 aliphatic heterocycles. The molecule has 0 unspecified atom stereocenters. The fraction of sp³-hybridized carbons (Fsp3) is 0.562. The van der Waals surface area contributed by atoms with Crippen molar-refractivity contribution < 1.29 is 13.2 Å². The predicted molar refractivity (Wildman–Crippen MR) is 92.0 cm³/mol. The summed E-state index contributed by atoms with van der Waals surface area (Å²) in [5.74, 6) is 1.24. The largest absolute Gasteiger partial charge is 0.355 e. The van der Waals surface area contributed by atoms with E-state index in [0.29, 0.717) is 24.6 Å². The van der Waals surface area contributed by atoms with Gasteiger partial charge in [-0.3, -0.25) is 4.79 Å². The van der Waals surface area contributed by atoms with Gasteiger partial charge in [0.2, 0.25) is 5.91 Å². The molecule has 1 fully saturated rings. The average molecular weight is 341 g/mol. The summed E-state index contributed by atoms with van der Waals surface area (Å²) in [6, 6.07) is 10.2. The molecule has 1 N–H and O–H groups in total. The number of nitrogens with one attached hydrogen (secondary N) is 1. The van der Waals surface area contributed by atoms with Gasteiger partial charge < -0.3 is 5.32 Å². The summed E-state index contributed by atoms with van der Waals surface area (Å²) in [4.78, 5) is 11.8. The molecule has 2 rings (SSSR count). The molecular weight excluding hydrogens is 318 g/mol. The highest BCUT2D eigenvalue weighted by Gasteiger charge is 2.28. The highest BCUT2D eigenvalue weighted by Crippen LogP contribution is 2.24. The maximum Gasteiger partial charge on any atom is 0.230 e. The van der Waals surface area contributed by atoms with Gasteiger partial charge in [-0.1, -0.05) is 37.3 Å². The Bertz CT molecular complexity index is 587. The van der Waals surface area contributed by atoms with E-state index in [1.165, 1.54) is 17.3 Å². The number of rotatable bonds is 7. The molecule has 122 valence electrons. The molecule has 1 aromatic rings. The maximum absolute atomic E-state index is 11.8. The van der Waals surface area contributed by atoms with Crippen LogP contribution in [-0.2, 0) is 14.6 Å². The van der Waals surface area contributed by atoms with Crippen molar-refractivity contribution in [1.82, 2.24) is 5.32 Å². The van der Waals surface area contributed by atoms with E-state index in [0.717, 1.165) is 6.42 Å². The molecular formula is C16H23NO3S2. The van der Waals surface area contributed by atoms with Crippen LogP contribution in [0.2, 0.25) is 0 Å². The van der Waals surface area contributed by atoms with Crippen molar-refractivity contribution in [3.05, 3.63) is 35.9 Å². The number of carbonyl (C=O) groups is 1. The lowest BCUT2D eigenvalue weighted by Crippen LogP contribution is -2.27. The Balaban J connectivity index is 1.62. The molecule has 0 saturated carbocycles. The van der Waals surface area contributed by atoms with Crippen molar-refractivity contribution in [1.29, 1.82) is 0 Å². The van der Waals surface area contributed by atoms with E-state index in [1.54, 1.807) is 0 Å². The highest BCUT2D eigenvalue weighted by atomic mass is 32.2. The molecule has 4 nitrogen and oxygen atoms in total. The first-order chi connectivity index (χ1) is 10.5. The lowest BCUT2D eigenvalue weighted by Gasteiger charge is -2.13. The van der Waals surface area contributed by atoms with Crippen molar-refractivity contribution in [2.75, 3.05) is 23.8 Å². The first-order valence-electron chi connectivity index (χ1n) is 7.60. The third kappa shape index (κ3) is 5.65. The van der Waals surface area contributed by atoms with Crippen LogP contribution in [0, 0.1) is 0 Å². The minimum absolute atomic E-state index is 0.00504. The second-order valence-corrected chi connectivity index (χ2v) is 9.30. The molecule has 2 atom stereocenters. The third-order valence-electron chi connectivity index (χ3n) is 3.91. The SMILES string of the molecule is C[C@H](CCNC(=O)CS[C@@H]1CCS(=O)(=O)C1)c1ccccc1. The zero-order valence-electron chi connectivity index (χ0n) is 12.8. The summed E-state index contributed by atoms with van der Waals surface area (Å²) in [6.07, 6.45) is 1.57. The van der Waals surface area contributed by atoms with Crippen LogP contribution in [0.1, 0.15) is 31.2 Å². The van der Waals surface area contributed by atoms with E-state index in [-0.39, 0.29) is 22.7 Å². The Kier molecular flexibility index (Phi) is 6.32. The summed E-state index contributed by atoms with van der Waals surface area (Å²) in [5.41, 5.74) is 1.28. The van der Waals surface area contributed by atoms with Crippen LogP contribution in [0.3, 0.4) is 0 Å². The van der Waals surface area contributed by atoms with E-state index in [1.807, 2.05) is 18.2 Å². The number of benzene rings is 1. The van der Waals surface area contributed by atoms with Crippen LogP contribution in [-0.4, -0.2) is 43.4 Å². The third-order valence-corrected chi connectivity index (χ3v) is 7.19. The number of sulfone groups is 1.